The fourth-order valence-corrected chi connectivity index (χ4v) is 4.93. The molecule has 0 aromatic heterocycles. The Hall–Kier alpha value is -3.75. The second-order valence-electron chi connectivity index (χ2n) is 9.39. The summed E-state index contributed by atoms with van der Waals surface area (Å²) in [5, 5.41) is 2.17. The minimum Gasteiger partial charge on any atom is -0.463 e. The molecule has 2 fully saturated rings. The van der Waals surface area contributed by atoms with Gasteiger partial charge in [-0.05, 0) is 0 Å². The van der Waals surface area contributed by atoms with E-state index in [1.807, 2.05) is 17.1 Å². The predicted octanol–water partition coefficient (Wildman–Crippen LogP) is -1.74. The van der Waals surface area contributed by atoms with Crippen LogP contribution >= 0.6 is 0 Å². The second kappa shape index (κ2) is 12.4. The Morgan fingerprint density at radius 1 is 0.897 bits per heavy atom. The smallest absolute Gasteiger partial charge is 0.310 e. The molecule has 14 nitrogen and oxygen atoms in total. The summed E-state index contributed by atoms with van der Waals surface area (Å²) in [6, 6.07) is 0. The Bertz CT molecular complexity index is 1080. The molecule has 4 heterocycles. The maximum absolute atomic E-state index is 13.0. The number of carbonyl (C=O) groups is 7. The van der Waals surface area contributed by atoms with Crippen LogP contribution in [0.5, 0.6) is 0 Å². The maximum Gasteiger partial charge on any atom is 0.310 e. The van der Waals surface area contributed by atoms with Crippen LogP contribution in [-0.4, -0.2) is 114 Å². The van der Waals surface area contributed by atoms with E-state index in [9.17, 15) is 33.6 Å². The van der Waals surface area contributed by atoms with Gasteiger partial charge < -0.3 is 14.2 Å². The molecule has 0 bridgehead atoms. The highest BCUT2D eigenvalue weighted by Crippen LogP contribution is 2.39. The van der Waals surface area contributed by atoms with Gasteiger partial charge in [-0.15, -0.1) is 0 Å². The van der Waals surface area contributed by atoms with E-state index in [4.69, 9.17) is 14.2 Å². The Labute approximate surface area is 223 Å². The second-order valence-corrected chi connectivity index (χ2v) is 9.39. The molecule has 0 aromatic rings. The van der Waals surface area contributed by atoms with E-state index in [-0.39, 0.29) is 52.2 Å². The van der Waals surface area contributed by atoms with Crippen molar-refractivity contribution in [1.29, 1.82) is 0 Å². The Kier molecular flexibility index (Phi) is 8.99. The van der Waals surface area contributed by atoms with Crippen molar-refractivity contribution in [2.45, 2.75) is 31.4 Å². The molecule has 0 radical (unpaired) electrons. The van der Waals surface area contributed by atoms with Crippen LogP contribution in [0.2, 0.25) is 0 Å². The third-order valence-electron chi connectivity index (χ3n) is 6.84. The number of nitrogens with one attached hydrogen (secondary N) is 1. The molecule has 0 saturated carbocycles. The first-order valence-corrected chi connectivity index (χ1v) is 12.7. The molecule has 0 aromatic carbocycles. The average molecular weight is 547 g/mol. The van der Waals surface area contributed by atoms with Crippen molar-refractivity contribution in [2.75, 3.05) is 52.6 Å². The molecule has 210 valence electrons. The van der Waals surface area contributed by atoms with E-state index in [1.54, 1.807) is 0 Å². The number of esters is 1. The lowest BCUT2D eigenvalue weighted by molar-refractivity contribution is -0.204. The third-order valence-corrected chi connectivity index (χ3v) is 6.84. The largest absolute Gasteiger partial charge is 0.463 e. The first-order valence-electron chi connectivity index (χ1n) is 12.7. The summed E-state index contributed by atoms with van der Waals surface area (Å²) in [6.07, 6.45) is 5.04. The highest BCUT2D eigenvalue weighted by molar-refractivity contribution is 6.12. The van der Waals surface area contributed by atoms with E-state index in [0.29, 0.717) is 19.6 Å². The molecule has 6 amide bonds. The number of hydrogen-bond donors (Lipinski definition) is 1. The van der Waals surface area contributed by atoms with Crippen LogP contribution in [0.1, 0.15) is 25.7 Å². The molecule has 4 rings (SSSR count). The van der Waals surface area contributed by atoms with Gasteiger partial charge in [0.1, 0.15) is 6.61 Å². The number of amides is 6. The van der Waals surface area contributed by atoms with Gasteiger partial charge in [-0.3, -0.25) is 53.6 Å². The van der Waals surface area contributed by atoms with Crippen LogP contribution in [-0.2, 0) is 47.8 Å². The summed E-state index contributed by atoms with van der Waals surface area (Å²) in [7, 11) is 0. The zero-order chi connectivity index (χ0) is 28.0. The van der Waals surface area contributed by atoms with E-state index in [2.05, 4.69) is 5.32 Å². The fourth-order valence-electron chi connectivity index (χ4n) is 4.93. The van der Waals surface area contributed by atoms with E-state index < -0.39 is 59.5 Å². The summed E-state index contributed by atoms with van der Waals surface area (Å²) in [6.45, 7) is 1.52. The summed E-state index contributed by atoms with van der Waals surface area (Å²) in [5.41, 5.74) is -2.03. The topological polar surface area (TPSA) is 169 Å². The van der Waals surface area contributed by atoms with Gasteiger partial charge in [0.05, 0.1) is 38.7 Å². The van der Waals surface area contributed by atoms with E-state index >= 15 is 0 Å². The van der Waals surface area contributed by atoms with Gasteiger partial charge in [-0.1, -0.05) is 12.2 Å². The van der Waals surface area contributed by atoms with Crippen molar-refractivity contribution >= 4 is 41.4 Å². The van der Waals surface area contributed by atoms with E-state index in [0.717, 1.165) is 22.0 Å². The van der Waals surface area contributed by atoms with Gasteiger partial charge in [-0.25, -0.2) is 0 Å². The molecule has 0 spiro atoms. The fraction of sp³-hybridized carbons (Fsp3) is 0.560. The Morgan fingerprint density at radius 3 is 2.18 bits per heavy atom. The van der Waals surface area contributed by atoms with Crippen LogP contribution in [0.15, 0.2) is 24.3 Å². The number of hydrogen-bond acceptors (Lipinski definition) is 11. The van der Waals surface area contributed by atoms with Gasteiger partial charge in [0, 0.05) is 51.0 Å². The molecular formula is C25H30N4O10. The predicted molar refractivity (Wildman–Crippen MR) is 129 cm³/mol. The van der Waals surface area contributed by atoms with Crippen molar-refractivity contribution in [3.05, 3.63) is 24.3 Å². The lowest BCUT2D eigenvalue weighted by atomic mass is 9.88. The maximum atomic E-state index is 13.0. The highest BCUT2D eigenvalue weighted by Gasteiger charge is 2.58. The normalized spacial score (nSPS) is 22.9. The molecule has 14 heteroatoms. The quantitative estimate of drug-likeness (QED) is 0.114. The number of likely N-dealkylation sites (tertiary alicyclic amines) is 1. The number of imide groups is 3. The van der Waals surface area contributed by atoms with Gasteiger partial charge in [0.2, 0.25) is 23.6 Å². The highest BCUT2D eigenvalue weighted by atomic mass is 16.6. The summed E-state index contributed by atoms with van der Waals surface area (Å²) in [4.78, 5) is 90.4. The summed E-state index contributed by atoms with van der Waals surface area (Å²) < 4.78 is 16.7. The van der Waals surface area contributed by atoms with Gasteiger partial charge >= 0.3 is 5.97 Å². The SMILES string of the molecule is O=C1CC(C(CC(=O)OCCOCCN2C(=O)C=CC2=O)(OCCN2CC=CC2)N2C(=O)CCC2=O)C(=O)N1. The molecule has 39 heavy (non-hydrogen) atoms. The molecular weight excluding hydrogens is 516 g/mol. The van der Waals surface area contributed by atoms with Crippen LogP contribution in [0, 0.1) is 5.92 Å². The van der Waals surface area contributed by atoms with Crippen LogP contribution < -0.4 is 5.32 Å². The monoisotopic (exact) mass is 546 g/mol. The van der Waals surface area contributed by atoms with Crippen LogP contribution in [0.3, 0.4) is 0 Å². The minimum absolute atomic E-state index is 0.0180. The standard InChI is InChI=1S/C25H30N4O10/c30-18-15-17(24(36)26-18)25(29-21(33)5-6-22(29)34,39-12-9-27-7-1-2-8-27)16-23(35)38-14-13-37-11-10-28-19(31)3-4-20(28)32/h1-4,17H,5-16H2,(H,26,30,36). The Morgan fingerprint density at radius 2 is 1.56 bits per heavy atom. The van der Waals surface area contributed by atoms with Gasteiger partial charge in [0.25, 0.3) is 11.8 Å². The van der Waals surface area contributed by atoms with Crippen molar-refractivity contribution in [1.82, 2.24) is 20.0 Å². The average Bonchev–Trinajstić information content (AvgIpc) is 3.67. The van der Waals surface area contributed by atoms with Crippen molar-refractivity contribution < 1.29 is 47.8 Å². The number of ether oxygens (including phenoxy) is 3. The van der Waals surface area contributed by atoms with Gasteiger partial charge in [-0.2, -0.15) is 0 Å². The van der Waals surface area contributed by atoms with E-state index in [1.165, 1.54) is 0 Å². The molecule has 1 N–H and O–H groups in total. The van der Waals surface area contributed by atoms with Crippen LogP contribution in [0.25, 0.3) is 0 Å². The van der Waals surface area contributed by atoms with Crippen molar-refractivity contribution in [2.24, 2.45) is 5.92 Å². The zero-order valence-corrected chi connectivity index (χ0v) is 21.3. The van der Waals surface area contributed by atoms with Crippen molar-refractivity contribution in [3.8, 4) is 0 Å². The Balaban J connectivity index is 1.40. The zero-order valence-electron chi connectivity index (χ0n) is 21.3. The minimum atomic E-state index is -2.03. The first kappa shape index (κ1) is 28.3. The first-order chi connectivity index (χ1) is 18.7. The number of carbonyl (C=O) groups excluding carboxylic acids is 7. The van der Waals surface area contributed by atoms with Gasteiger partial charge in [0.15, 0.2) is 5.72 Å². The van der Waals surface area contributed by atoms with Crippen molar-refractivity contribution in [3.63, 3.8) is 0 Å². The number of nitrogens with zero attached hydrogens (tertiary/aromatic N) is 3. The summed E-state index contributed by atoms with van der Waals surface area (Å²) >= 11 is 0. The molecule has 2 unspecified atom stereocenters. The number of rotatable bonds is 14. The molecule has 2 saturated heterocycles. The molecule has 0 aliphatic carbocycles. The van der Waals surface area contributed by atoms with Crippen LogP contribution in [0.4, 0.5) is 0 Å². The molecule has 4 aliphatic rings. The third kappa shape index (κ3) is 6.46. The lowest BCUT2D eigenvalue weighted by Crippen LogP contribution is -2.61. The molecule has 2 atom stereocenters. The lowest BCUT2D eigenvalue weighted by Gasteiger charge is -2.42. The molecule has 4 aliphatic heterocycles. The summed E-state index contributed by atoms with van der Waals surface area (Å²) in [5.74, 6) is -5.59.